The van der Waals surface area contributed by atoms with Gasteiger partial charge in [0.2, 0.25) is 0 Å². The number of nitrogens with zero attached hydrogens (tertiary/aromatic N) is 1. The van der Waals surface area contributed by atoms with E-state index < -0.39 is 9.84 Å². The van der Waals surface area contributed by atoms with E-state index in [0.717, 1.165) is 31.9 Å². The van der Waals surface area contributed by atoms with Crippen LogP contribution in [0.3, 0.4) is 0 Å². The van der Waals surface area contributed by atoms with Crippen molar-refractivity contribution >= 4 is 15.7 Å². The summed E-state index contributed by atoms with van der Waals surface area (Å²) in [4.78, 5) is 14.4. The van der Waals surface area contributed by atoms with Crippen molar-refractivity contribution in [2.24, 2.45) is 5.73 Å². The molecular weight excluding hydrogens is 288 g/mol. The Balaban J connectivity index is 2.16. The number of nitrogens with two attached hydrogens (primary N) is 1. The summed E-state index contributed by atoms with van der Waals surface area (Å²) in [6.07, 6.45) is 4.78. The van der Waals surface area contributed by atoms with Crippen molar-refractivity contribution in [3.05, 3.63) is 29.8 Å². The molecule has 2 N–H and O–H groups in total. The molecule has 6 heteroatoms. The van der Waals surface area contributed by atoms with Crippen molar-refractivity contribution < 1.29 is 13.2 Å². The van der Waals surface area contributed by atoms with Gasteiger partial charge in [-0.2, -0.15) is 0 Å². The monoisotopic (exact) mass is 310 g/mol. The van der Waals surface area contributed by atoms with E-state index in [9.17, 15) is 13.2 Å². The number of carbonyl (C=O) groups excluding carboxylic acids is 1. The molecule has 0 saturated heterocycles. The molecule has 5 nitrogen and oxygen atoms in total. The fraction of sp³-hybridized carbons (Fsp3) is 0.533. The molecule has 0 radical (unpaired) electrons. The first kappa shape index (κ1) is 16.0. The Labute approximate surface area is 126 Å². The fourth-order valence-corrected chi connectivity index (χ4v) is 3.38. The molecule has 116 valence electrons. The van der Waals surface area contributed by atoms with Crippen LogP contribution >= 0.6 is 0 Å². The second-order valence-electron chi connectivity index (χ2n) is 5.78. The smallest absolute Gasteiger partial charge is 0.253 e. The largest absolute Gasteiger partial charge is 0.339 e. The SMILES string of the molecule is CN(C(=O)c1cccc(S(C)(=O)=O)c1)C1CCC(N)CC1. The average Bonchev–Trinajstić information content (AvgIpc) is 2.46. The summed E-state index contributed by atoms with van der Waals surface area (Å²) < 4.78 is 23.2. The van der Waals surface area contributed by atoms with Crippen LogP contribution in [0.2, 0.25) is 0 Å². The van der Waals surface area contributed by atoms with E-state index in [-0.39, 0.29) is 22.9 Å². The summed E-state index contributed by atoms with van der Waals surface area (Å²) in [7, 11) is -1.53. The summed E-state index contributed by atoms with van der Waals surface area (Å²) >= 11 is 0. The lowest BCUT2D eigenvalue weighted by Crippen LogP contribution is -2.41. The van der Waals surface area contributed by atoms with Gasteiger partial charge in [-0.25, -0.2) is 8.42 Å². The Morgan fingerprint density at radius 2 is 1.86 bits per heavy atom. The second kappa shape index (κ2) is 6.15. The van der Waals surface area contributed by atoms with E-state index in [1.807, 2.05) is 0 Å². The van der Waals surface area contributed by atoms with Crippen molar-refractivity contribution in [2.45, 2.75) is 42.7 Å². The molecule has 1 saturated carbocycles. The zero-order valence-corrected chi connectivity index (χ0v) is 13.3. The van der Waals surface area contributed by atoms with Crippen molar-refractivity contribution in [1.29, 1.82) is 0 Å². The zero-order valence-electron chi connectivity index (χ0n) is 12.5. The third-order valence-corrected chi connectivity index (χ3v) is 5.23. The van der Waals surface area contributed by atoms with Crippen LogP contribution in [-0.4, -0.2) is 44.6 Å². The van der Waals surface area contributed by atoms with Gasteiger partial charge in [-0.1, -0.05) is 6.07 Å². The predicted octanol–water partition coefficient (Wildman–Crippen LogP) is 1.43. The highest BCUT2D eigenvalue weighted by Crippen LogP contribution is 2.23. The molecule has 1 aromatic rings. The summed E-state index contributed by atoms with van der Waals surface area (Å²) in [5.74, 6) is -0.138. The topological polar surface area (TPSA) is 80.5 Å². The van der Waals surface area contributed by atoms with E-state index in [1.165, 1.54) is 12.1 Å². The van der Waals surface area contributed by atoms with Crippen LogP contribution < -0.4 is 5.73 Å². The maximum Gasteiger partial charge on any atom is 0.253 e. The first-order chi connectivity index (χ1) is 9.79. The van der Waals surface area contributed by atoms with Crippen LogP contribution in [0, 0.1) is 0 Å². The molecule has 0 unspecified atom stereocenters. The van der Waals surface area contributed by atoms with Crippen LogP contribution in [-0.2, 0) is 9.84 Å². The normalized spacial score (nSPS) is 22.8. The average molecular weight is 310 g/mol. The molecule has 1 aliphatic rings. The first-order valence-electron chi connectivity index (χ1n) is 7.12. The van der Waals surface area contributed by atoms with E-state index in [1.54, 1.807) is 24.1 Å². The minimum absolute atomic E-state index is 0.138. The van der Waals surface area contributed by atoms with Gasteiger partial charge in [-0.3, -0.25) is 4.79 Å². The summed E-state index contributed by atoms with van der Waals surface area (Å²) in [6.45, 7) is 0. The molecule has 0 aliphatic heterocycles. The Kier molecular flexibility index (Phi) is 4.68. The Morgan fingerprint density at radius 3 is 2.43 bits per heavy atom. The quantitative estimate of drug-likeness (QED) is 0.916. The van der Waals surface area contributed by atoms with Crippen LogP contribution in [0.1, 0.15) is 36.0 Å². The third-order valence-electron chi connectivity index (χ3n) is 4.12. The molecule has 1 aliphatic carbocycles. The molecule has 1 aromatic carbocycles. The van der Waals surface area contributed by atoms with Crippen LogP contribution in [0.4, 0.5) is 0 Å². The van der Waals surface area contributed by atoms with Crippen LogP contribution in [0.25, 0.3) is 0 Å². The van der Waals surface area contributed by atoms with Gasteiger partial charge < -0.3 is 10.6 Å². The molecular formula is C15H22N2O3S. The minimum atomic E-state index is -3.30. The van der Waals surface area contributed by atoms with Crippen LogP contribution in [0.5, 0.6) is 0 Å². The lowest BCUT2D eigenvalue weighted by molar-refractivity contribution is 0.0689. The lowest BCUT2D eigenvalue weighted by Gasteiger charge is -2.33. The summed E-state index contributed by atoms with van der Waals surface area (Å²) in [5, 5.41) is 0. The molecule has 0 aromatic heterocycles. The Bertz CT molecular complexity index is 620. The molecule has 2 rings (SSSR count). The van der Waals surface area contributed by atoms with E-state index in [4.69, 9.17) is 5.73 Å². The highest BCUT2D eigenvalue weighted by Gasteiger charge is 2.26. The molecule has 0 atom stereocenters. The number of hydrogen-bond donors (Lipinski definition) is 1. The highest BCUT2D eigenvalue weighted by atomic mass is 32.2. The fourth-order valence-electron chi connectivity index (χ4n) is 2.72. The highest BCUT2D eigenvalue weighted by molar-refractivity contribution is 7.90. The van der Waals surface area contributed by atoms with Gasteiger partial charge in [-0.05, 0) is 43.9 Å². The number of hydrogen-bond acceptors (Lipinski definition) is 4. The second-order valence-corrected chi connectivity index (χ2v) is 7.80. The first-order valence-corrected chi connectivity index (χ1v) is 9.01. The Hall–Kier alpha value is -1.40. The van der Waals surface area contributed by atoms with Crippen LogP contribution in [0.15, 0.2) is 29.2 Å². The molecule has 0 heterocycles. The standard InChI is InChI=1S/C15H22N2O3S/c1-17(13-8-6-12(16)7-9-13)15(18)11-4-3-5-14(10-11)21(2,19)20/h3-5,10,12-13H,6-9,16H2,1-2H3. The van der Waals surface area contributed by atoms with Gasteiger partial charge in [-0.15, -0.1) is 0 Å². The number of benzene rings is 1. The zero-order chi connectivity index (χ0) is 15.6. The van der Waals surface area contributed by atoms with Crippen molar-refractivity contribution in [3.8, 4) is 0 Å². The van der Waals surface area contributed by atoms with Crippen molar-refractivity contribution in [3.63, 3.8) is 0 Å². The minimum Gasteiger partial charge on any atom is -0.339 e. The van der Waals surface area contributed by atoms with Gasteiger partial charge in [0.25, 0.3) is 5.91 Å². The molecule has 0 bridgehead atoms. The van der Waals surface area contributed by atoms with E-state index >= 15 is 0 Å². The number of sulfone groups is 1. The van der Waals surface area contributed by atoms with Gasteiger partial charge >= 0.3 is 0 Å². The molecule has 0 spiro atoms. The van der Waals surface area contributed by atoms with Gasteiger partial charge in [0.1, 0.15) is 0 Å². The maximum absolute atomic E-state index is 12.5. The predicted molar refractivity (Wildman–Crippen MR) is 81.9 cm³/mol. The maximum atomic E-state index is 12.5. The number of carbonyl (C=O) groups is 1. The summed E-state index contributed by atoms with van der Waals surface area (Å²) in [6, 6.07) is 6.63. The van der Waals surface area contributed by atoms with E-state index in [0.29, 0.717) is 5.56 Å². The lowest BCUT2D eigenvalue weighted by atomic mass is 9.90. The van der Waals surface area contributed by atoms with Gasteiger partial charge in [0, 0.05) is 31.0 Å². The number of rotatable bonds is 3. The van der Waals surface area contributed by atoms with Crippen molar-refractivity contribution in [1.82, 2.24) is 4.90 Å². The van der Waals surface area contributed by atoms with Gasteiger partial charge in [0.15, 0.2) is 9.84 Å². The number of amides is 1. The van der Waals surface area contributed by atoms with Crippen molar-refractivity contribution in [2.75, 3.05) is 13.3 Å². The van der Waals surface area contributed by atoms with E-state index in [2.05, 4.69) is 0 Å². The molecule has 1 fully saturated rings. The molecule has 1 amide bonds. The third kappa shape index (κ3) is 3.83. The summed E-state index contributed by atoms with van der Waals surface area (Å²) in [5.41, 5.74) is 6.29. The molecule has 21 heavy (non-hydrogen) atoms. The Morgan fingerprint density at radius 1 is 1.24 bits per heavy atom. The van der Waals surface area contributed by atoms with Gasteiger partial charge in [0.05, 0.1) is 4.90 Å².